The Hall–Kier alpha value is -1.96. The Labute approximate surface area is 109 Å². The summed E-state index contributed by atoms with van der Waals surface area (Å²) < 4.78 is 0. The van der Waals surface area contributed by atoms with Crippen LogP contribution in [0.3, 0.4) is 0 Å². The second-order valence-corrected chi connectivity index (χ2v) is 4.57. The van der Waals surface area contributed by atoms with Crippen molar-refractivity contribution in [1.29, 1.82) is 0 Å². The van der Waals surface area contributed by atoms with E-state index in [-0.39, 0.29) is 0 Å². The Morgan fingerprint density at radius 2 is 1.56 bits per heavy atom. The molecule has 0 amide bonds. The number of benzene rings is 2. The molecule has 2 rings (SSSR count). The van der Waals surface area contributed by atoms with Crippen LogP contribution in [0.25, 0.3) is 0 Å². The first kappa shape index (κ1) is 12.5. The van der Waals surface area contributed by atoms with Gasteiger partial charge in [0.05, 0.1) is 11.4 Å². The van der Waals surface area contributed by atoms with Gasteiger partial charge in [-0.25, -0.2) is 0 Å². The standard InChI is InChI=1S/C16H20N2/c1-18(2)16-11-7-6-10-15(16)17-13-12-14-8-4-3-5-9-14/h3-11,17H,12-13H2,1-2H3. The molecule has 94 valence electrons. The lowest BCUT2D eigenvalue weighted by atomic mass is 10.1. The van der Waals surface area contributed by atoms with Gasteiger partial charge in [0, 0.05) is 20.6 Å². The molecule has 2 nitrogen and oxygen atoms in total. The van der Waals surface area contributed by atoms with Crippen LogP contribution < -0.4 is 10.2 Å². The van der Waals surface area contributed by atoms with Gasteiger partial charge in [-0.3, -0.25) is 0 Å². The van der Waals surface area contributed by atoms with Crippen molar-refractivity contribution < 1.29 is 0 Å². The lowest BCUT2D eigenvalue weighted by Gasteiger charge is -2.18. The molecule has 2 aromatic carbocycles. The van der Waals surface area contributed by atoms with E-state index in [0.717, 1.165) is 13.0 Å². The van der Waals surface area contributed by atoms with E-state index in [4.69, 9.17) is 0 Å². The average molecular weight is 240 g/mol. The van der Waals surface area contributed by atoms with E-state index in [9.17, 15) is 0 Å². The quantitative estimate of drug-likeness (QED) is 0.861. The van der Waals surface area contributed by atoms with Gasteiger partial charge in [-0.15, -0.1) is 0 Å². The number of nitrogens with one attached hydrogen (secondary N) is 1. The topological polar surface area (TPSA) is 15.3 Å². The van der Waals surface area contributed by atoms with Crippen molar-refractivity contribution in [3.8, 4) is 0 Å². The van der Waals surface area contributed by atoms with Crippen molar-refractivity contribution >= 4 is 11.4 Å². The summed E-state index contributed by atoms with van der Waals surface area (Å²) in [4.78, 5) is 2.13. The molecule has 0 saturated carbocycles. The van der Waals surface area contributed by atoms with Gasteiger partial charge in [-0.1, -0.05) is 42.5 Å². The van der Waals surface area contributed by atoms with Crippen LogP contribution in [0.2, 0.25) is 0 Å². The van der Waals surface area contributed by atoms with E-state index in [1.54, 1.807) is 0 Å². The maximum atomic E-state index is 3.50. The van der Waals surface area contributed by atoms with Crippen LogP contribution in [0.4, 0.5) is 11.4 Å². The third-order valence-electron chi connectivity index (χ3n) is 2.96. The fraction of sp³-hybridized carbons (Fsp3) is 0.250. The van der Waals surface area contributed by atoms with Gasteiger partial charge in [0.1, 0.15) is 0 Å². The van der Waals surface area contributed by atoms with Gasteiger partial charge >= 0.3 is 0 Å². The molecule has 0 radical (unpaired) electrons. The minimum Gasteiger partial charge on any atom is -0.383 e. The van der Waals surface area contributed by atoms with Crippen LogP contribution in [0.5, 0.6) is 0 Å². The smallest absolute Gasteiger partial charge is 0.0596 e. The monoisotopic (exact) mass is 240 g/mol. The molecule has 0 heterocycles. The number of nitrogens with zero attached hydrogens (tertiary/aromatic N) is 1. The van der Waals surface area contributed by atoms with Crippen LogP contribution in [0, 0.1) is 0 Å². The second-order valence-electron chi connectivity index (χ2n) is 4.57. The molecule has 0 saturated heterocycles. The van der Waals surface area contributed by atoms with Crippen molar-refractivity contribution in [3.63, 3.8) is 0 Å². The highest BCUT2D eigenvalue weighted by atomic mass is 15.1. The van der Waals surface area contributed by atoms with Gasteiger partial charge in [-0.05, 0) is 24.1 Å². The van der Waals surface area contributed by atoms with Gasteiger partial charge in [0.15, 0.2) is 0 Å². The molecular formula is C16H20N2. The number of hydrogen-bond acceptors (Lipinski definition) is 2. The van der Waals surface area contributed by atoms with E-state index >= 15 is 0 Å². The highest BCUT2D eigenvalue weighted by Gasteiger charge is 2.02. The lowest BCUT2D eigenvalue weighted by Crippen LogP contribution is -2.13. The minimum absolute atomic E-state index is 0.953. The largest absolute Gasteiger partial charge is 0.383 e. The van der Waals surface area contributed by atoms with Crippen LogP contribution in [0.15, 0.2) is 54.6 Å². The molecule has 0 fully saturated rings. The van der Waals surface area contributed by atoms with Crippen LogP contribution in [-0.4, -0.2) is 20.6 Å². The normalized spacial score (nSPS) is 10.1. The first-order valence-corrected chi connectivity index (χ1v) is 6.31. The number of para-hydroxylation sites is 2. The molecule has 2 heteroatoms. The number of anilines is 2. The summed E-state index contributed by atoms with van der Waals surface area (Å²) in [6, 6.07) is 18.9. The van der Waals surface area contributed by atoms with Crippen molar-refractivity contribution in [2.75, 3.05) is 30.9 Å². The second kappa shape index (κ2) is 6.10. The molecule has 1 N–H and O–H groups in total. The third kappa shape index (κ3) is 3.27. The van der Waals surface area contributed by atoms with Crippen molar-refractivity contribution in [3.05, 3.63) is 60.2 Å². The van der Waals surface area contributed by atoms with E-state index in [2.05, 4.69) is 78.9 Å². The molecular weight excluding hydrogens is 220 g/mol. The van der Waals surface area contributed by atoms with Gasteiger partial charge < -0.3 is 10.2 Å². The molecule has 0 atom stereocenters. The first-order chi connectivity index (χ1) is 8.77. The zero-order chi connectivity index (χ0) is 12.8. The Morgan fingerprint density at radius 3 is 2.28 bits per heavy atom. The summed E-state index contributed by atoms with van der Waals surface area (Å²) in [6.45, 7) is 0.953. The van der Waals surface area contributed by atoms with E-state index < -0.39 is 0 Å². The molecule has 0 aliphatic heterocycles. The van der Waals surface area contributed by atoms with Crippen molar-refractivity contribution in [1.82, 2.24) is 0 Å². The molecule has 18 heavy (non-hydrogen) atoms. The summed E-state index contributed by atoms with van der Waals surface area (Å²) >= 11 is 0. The van der Waals surface area contributed by atoms with Gasteiger partial charge in [0.25, 0.3) is 0 Å². The molecule has 0 aliphatic rings. The van der Waals surface area contributed by atoms with E-state index in [1.165, 1.54) is 16.9 Å². The summed E-state index contributed by atoms with van der Waals surface area (Å²) in [6.07, 6.45) is 1.04. The predicted molar refractivity (Wildman–Crippen MR) is 79.4 cm³/mol. The maximum Gasteiger partial charge on any atom is 0.0596 e. The summed E-state index contributed by atoms with van der Waals surface area (Å²) in [5.74, 6) is 0. The number of hydrogen-bond donors (Lipinski definition) is 1. The van der Waals surface area contributed by atoms with Crippen LogP contribution in [-0.2, 0) is 6.42 Å². The van der Waals surface area contributed by atoms with Crippen molar-refractivity contribution in [2.45, 2.75) is 6.42 Å². The Balaban J connectivity index is 1.94. The predicted octanol–water partition coefficient (Wildman–Crippen LogP) is 3.41. The van der Waals surface area contributed by atoms with Crippen molar-refractivity contribution in [2.24, 2.45) is 0 Å². The van der Waals surface area contributed by atoms with E-state index in [0.29, 0.717) is 0 Å². The van der Waals surface area contributed by atoms with Gasteiger partial charge in [-0.2, -0.15) is 0 Å². The summed E-state index contributed by atoms with van der Waals surface area (Å²) in [5.41, 5.74) is 3.79. The molecule has 2 aromatic rings. The first-order valence-electron chi connectivity index (χ1n) is 6.31. The highest BCUT2D eigenvalue weighted by Crippen LogP contribution is 2.23. The fourth-order valence-electron chi connectivity index (χ4n) is 2.00. The number of rotatable bonds is 5. The van der Waals surface area contributed by atoms with E-state index in [1.807, 2.05) is 0 Å². The highest BCUT2D eigenvalue weighted by molar-refractivity contribution is 5.69. The summed E-state index contributed by atoms with van der Waals surface area (Å²) in [7, 11) is 4.13. The van der Waals surface area contributed by atoms with Crippen LogP contribution in [0.1, 0.15) is 5.56 Å². The maximum absolute atomic E-state index is 3.50. The lowest BCUT2D eigenvalue weighted by molar-refractivity contribution is 1.01. The molecule has 0 bridgehead atoms. The molecule has 0 aromatic heterocycles. The zero-order valence-electron chi connectivity index (χ0n) is 11.1. The Morgan fingerprint density at radius 1 is 0.889 bits per heavy atom. The third-order valence-corrected chi connectivity index (χ3v) is 2.96. The van der Waals surface area contributed by atoms with Crippen LogP contribution >= 0.6 is 0 Å². The minimum atomic E-state index is 0.953. The molecule has 0 spiro atoms. The van der Waals surface area contributed by atoms with Gasteiger partial charge in [0.2, 0.25) is 0 Å². The Bertz CT molecular complexity index is 477. The molecule has 0 aliphatic carbocycles. The summed E-state index contributed by atoms with van der Waals surface area (Å²) in [5, 5.41) is 3.50. The Kier molecular flexibility index (Phi) is 4.24. The average Bonchev–Trinajstić information content (AvgIpc) is 2.40. The fourth-order valence-corrected chi connectivity index (χ4v) is 2.00. The zero-order valence-corrected chi connectivity index (χ0v) is 11.1. The molecule has 0 unspecified atom stereocenters. The SMILES string of the molecule is CN(C)c1ccccc1NCCc1ccccc1.